The minimum Gasteiger partial charge on any atom is -0.480 e. The van der Waals surface area contributed by atoms with Crippen LogP contribution in [0.1, 0.15) is 6.92 Å². The maximum absolute atomic E-state index is 10.6. The second-order valence-corrected chi connectivity index (χ2v) is 3.75. The highest BCUT2D eigenvalue weighted by Crippen LogP contribution is 2.24. The molecule has 1 rings (SSSR count). The molecule has 0 spiro atoms. The first kappa shape index (κ1) is 10.9. The molecule has 1 aromatic carbocycles. The van der Waals surface area contributed by atoms with Crippen LogP contribution in [0.2, 0.25) is 0 Å². The molecule has 0 heterocycles. The number of nitrogens with one attached hydrogen (secondary N) is 1. The lowest BCUT2D eigenvalue weighted by atomic mass is 10.2. The molecule has 0 bridgehead atoms. The SMILES string of the molecule is CSc1ccccc1NC(C)C(=O)O. The van der Waals surface area contributed by atoms with Gasteiger partial charge in [0.05, 0.1) is 0 Å². The number of carboxylic acid groups (broad SMARTS) is 1. The van der Waals surface area contributed by atoms with Crippen LogP contribution in [0.4, 0.5) is 5.69 Å². The minimum absolute atomic E-state index is 0.566. The fraction of sp³-hybridized carbons (Fsp3) is 0.300. The Balaban J connectivity index is 2.80. The molecular weight excluding hydrogens is 198 g/mol. The number of hydrogen-bond acceptors (Lipinski definition) is 3. The van der Waals surface area contributed by atoms with Crippen LogP contribution in [-0.2, 0) is 4.79 Å². The van der Waals surface area contributed by atoms with Gasteiger partial charge >= 0.3 is 5.97 Å². The van der Waals surface area contributed by atoms with Gasteiger partial charge < -0.3 is 10.4 Å². The van der Waals surface area contributed by atoms with Crippen LogP contribution in [-0.4, -0.2) is 23.4 Å². The Morgan fingerprint density at radius 2 is 2.14 bits per heavy atom. The Morgan fingerprint density at radius 3 is 2.71 bits per heavy atom. The average Bonchev–Trinajstić information content (AvgIpc) is 2.18. The van der Waals surface area contributed by atoms with Crippen molar-refractivity contribution in [2.45, 2.75) is 17.9 Å². The van der Waals surface area contributed by atoms with Crippen molar-refractivity contribution in [3.8, 4) is 0 Å². The number of benzene rings is 1. The molecule has 0 fully saturated rings. The van der Waals surface area contributed by atoms with E-state index in [1.165, 1.54) is 0 Å². The van der Waals surface area contributed by atoms with Crippen LogP contribution < -0.4 is 5.32 Å². The van der Waals surface area contributed by atoms with E-state index >= 15 is 0 Å². The molecule has 0 amide bonds. The number of carbonyl (C=O) groups is 1. The lowest BCUT2D eigenvalue weighted by Gasteiger charge is -2.13. The molecule has 0 radical (unpaired) electrons. The van der Waals surface area contributed by atoms with Crippen molar-refractivity contribution >= 4 is 23.4 Å². The third kappa shape index (κ3) is 2.67. The molecule has 0 aliphatic rings. The van der Waals surface area contributed by atoms with E-state index in [1.807, 2.05) is 30.5 Å². The van der Waals surface area contributed by atoms with Crippen molar-refractivity contribution in [2.24, 2.45) is 0 Å². The van der Waals surface area contributed by atoms with Gasteiger partial charge in [0.15, 0.2) is 0 Å². The number of aliphatic carboxylic acids is 1. The molecule has 1 unspecified atom stereocenters. The Kier molecular flexibility index (Phi) is 3.83. The Labute approximate surface area is 87.5 Å². The van der Waals surface area contributed by atoms with Crippen LogP contribution in [0, 0.1) is 0 Å². The van der Waals surface area contributed by atoms with Crippen molar-refractivity contribution < 1.29 is 9.90 Å². The second kappa shape index (κ2) is 4.91. The summed E-state index contributed by atoms with van der Waals surface area (Å²) in [5.41, 5.74) is 0.870. The van der Waals surface area contributed by atoms with E-state index in [9.17, 15) is 4.79 Å². The highest BCUT2D eigenvalue weighted by molar-refractivity contribution is 7.98. The van der Waals surface area contributed by atoms with Gasteiger partial charge in [0.25, 0.3) is 0 Å². The lowest BCUT2D eigenvalue weighted by Crippen LogP contribution is -2.25. The number of hydrogen-bond donors (Lipinski definition) is 2. The van der Waals surface area contributed by atoms with E-state index in [4.69, 9.17) is 5.11 Å². The van der Waals surface area contributed by atoms with Gasteiger partial charge in [-0.2, -0.15) is 0 Å². The molecule has 4 heteroatoms. The standard InChI is InChI=1S/C10H13NO2S/c1-7(10(12)13)11-8-5-3-4-6-9(8)14-2/h3-7,11H,1-2H3,(H,12,13). The van der Waals surface area contributed by atoms with E-state index in [1.54, 1.807) is 18.7 Å². The molecule has 0 aliphatic carbocycles. The number of carboxylic acids is 1. The normalized spacial score (nSPS) is 12.1. The van der Waals surface area contributed by atoms with Crippen molar-refractivity contribution in [3.63, 3.8) is 0 Å². The monoisotopic (exact) mass is 211 g/mol. The molecule has 3 nitrogen and oxygen atoms in total. The smallest absolute Gasteiger partial charge is 0.325 e. The van der Waals surface area contributed by atoms with Crippen molar-refractivity contribution in [1.29, 1.82) is 0 Å². The summed E-state index contributed by atoms with van der Waals surface area (Å²) in [6, 6.07) is 7.09. The zero-order chi connectivity index (χ0) is 10.6. The van der Waals surface area contributed by atoms with Crippen LogP contribution in [0.5, 0.6) is 0 Å². The van der Waals surface area contributed by atoms with Gasteiger partial charge in [0.1, 0.15) is 6.04 Å². The van der Waals surface area contributed by atoms with E-state index in [0.717, 1.165) is 10.6 Å². The van der Waals surface area contributed by atoms with Crippen LogP contribution in [0.25, 0.3) is 0 Å². The van der Waals surface area contributed by atoms with E-state index < -0.39 is 12.0 Å². The molecule has 1 aromatic rings. The molecule has 0 saturated heterocycles. The lowest BCUT2D eigenvalue weighted by molar-refractivity contribution is -0.137. The number of rotatable bonds is 4. The number of thioether (sulfide) groups is 1. The second-order valence-electron chi connectivity index (χ2n) is 2.90. The van der Waals surface area contributed by atoms with Crippen molar-refractivity contribution in [3.05, 3.63) is 24.3 Å². The Bertz CT molecular complexity index is 328. The summed E-state index contributed by atoms with van der Waals surface area (Å²) in [5, 5.41) is 11.7. The van der Waals surface area contributed by atoms with Gasteiger partial charge in [-0.05, 0) is 25.3 Å². The molecule has 0 saturated carbocycles. The Morgan fingerprint density at radius 1 is 1.50 bits per heavy atom. The molecule has 0 aliphatic heterocycles. The molecule has 76 valence electrons. The average molecular weight is 211 g/mol. The third-order valence-electron chi connectivity index (χ3n) is 1.85. The summed E-state index contributed by atoms with van der Waals surface area (Å²) in [5.74, 6) is -0.846. The number of para-hydroxylation sites is 1. The molecule has 14 heavy (non-hydrogen) atoms. The summed E-state index contributed by atoms with van der Waals surface area (Å²) < 4.78 is 0. The van der Waals surface area contributed by atoms with E-state index in [-0.39, 0.29) is 0 Å². The largest absolute Gasteiger partial charge is 0.480 e. The van der Waals surface area contributed by atoms with Crippen molar-refractivity contribution in [1.82, 2.24) is 0 Å². The maximum atomic E-state index is 10.6. The fourth-order valence-corrected chi connectivity index (χ4v) is 1.62. The quantitative estimate of drug-likeness (QED) is 0.750. The summed E-state index contributed by atoms with van der Waals surface area (Å²) in [6.07, 6.45) is 1.96. The first-order valence-electron chi connectivity index (χ1n) is 4.27. The number of anilines is 1. The molecule has 2 N–H and O–H groups in total. The molecule has 1 atom stereocenters. The van der Waals surface area contributed by atoms with Crippen LogP contribution >= 0.6 is 11.8 Å². The highest BCUT2D eigenvalue weighted by Gasteiger charge is 2.11. The summed E-state index contributed by atoms with van der Waals surface area (Å²) >= 11 is 1.59. The molecule has 0 aromatic heterocycles. The van der Waals surface area contributed by atoms with Gasteiger partial charge in [-0.15, -0.1) is 11.8 Å². The Hall–Kier alpha value is -1.16. The first-order valence-corrected chi connectivity index (χ1v) is 5.50. The van der Waals surface area contributed by atoms with Gasteiger partial charge in [0.2, 0.25) is 0 Å². The topological polar surface area (TPSA) is 49.3 Å². The predicted octanol–water partition coefficient (Wildman–Crippen LogP) is 2.29. The zero-order valence-electron chi connectivity index (χ0n) is 8.15. The highest BCUT2D eigenvalue weighted by atomic mass is 32.2. The predicted molar refractivity (Wildman–Crippen MR) is 58.9 cm³/mol. The minimum atomic E-state index is -0.846. The van der Waals surface area contributed by atoms with Crippen LogP contribution in [0.15, 0.2) is 29.2 Å². The summed E-state index contributed by atoms with van der Waals surface area (Å²) in [4.78, 5) is 11.7. The van der Waals surface area contributed by atoms with Gasteiger partial charge in [-0.25, -0.2) is 0 Å². The molecular formula is C10H13NO2S. The summed E-state index contributed by atoms with van der Waals surface area (Å²) in [6.45, 7) is 1.62. The maximum Gasteiger partial charge on any atom is 0.325 e. The van der Waals surface area contributed by atoms with E-state index in [0.29, 0.717) is 0 Å². The zero-order valence-corrected chi connectivity index (χ0v) is 8.97. The van der Waals surface area contributed by atoms with Gasteiger partial charge in [0, 0.05) is 10.6 Å². The fourth-order valence-electron chi connectivity index (χ4n) is 1.06. The first-order chi connectivity index (χ1) is 6.65. The van der Waals surface area contributed by atoms with Crippen LogP contribution in [0.3, 0.4) is 0 Å². The van der Waals surface area contributed by atoms with E-state index in [2.05, 4.69) is 5.32 Å². The summed E-state index contributed by atoms with van der Waals surface area (Å²) in [7, 11) is 0. The van der Waals surface area contributed by atoms with Gasteiger partial charge in [-0.3, -0.25) is 4.79 Å². The third-order valence-corrected chi connectivity index (χ3v) is 2.65. The van der Waals surface area contributed by atoms with Gasteiger partial charge in [-0.1, -0.05) is 12.1 Å². The van der Waals surface area contributed by atoms with Crippen molar-refractivity contribution in [2.75, 3.05) is 11.6 Å².